The summed E-state index contributed by atoms with van der Waals surface area (Å²) in [4.78, 5) is 4.08. The molecule has 0 unspecified atom stereocenters. The number of fused-ring (bicyclic) bond motifs is 1. The molecule has 3 rings (SSSR count). The second-order valence-corrected chi connectivity index (χ2v) is 4.73. The van der Waals surface area contributed by atoms with E-state index < -0.39 is 17.6 Å². The van der Waals surface area contributed by atoms with E-state index in [2.05, 4.69) is 20.5 Å². The van der Waals surface area contributed by atoms with Crippen LogP contribution in [0.3, 0.4) is 0 Å². The standard InChI is InChI=1S/C14H10F4N4/c1-7-2-3-8(6-19-7)20-13-9-4-5-10(14(16,17)18)11(15)12(9)21-22-13/h2-6H,1H3,(H2,20,21,22). The molecular formula is C14H10F4N4. The molecule has 3 aromatic rings. The minimum absolute atomic E-state index is 0.228. The molecule has 0 fully saturated rings. The molecule has 22 heavy (non-hydrogen) atoms. The summed E-state index contributed by atoms with van der Waals surface area (Å²) >= 11 is 0. The highest BCUT2D eigenvalue weighted by Gasteiger charge is 2.35. The third-order valence-electron chi connectivity index (χ3n) is 3.16. The third kappa shape index (κ3) is 2.47. The molecule has 4 nitrogen and oxygen atoms in total. The van der Waals surface area contributed by atoms with Crippen molar-refractivity contribution in [3.8, 4) is 0 Å². The number of alkyl halides is 3. The Labute approximate surface area is 122 Å². The number of rotatable bonds is 2. The molecular weight excluding hydrogens is 300 g/mol. The van der Waals surface area contributed by atoms with Crippen molar-refractivity contribution in [1.29, 1.82) is 0 Å². The van der Waals surface area contributed by atoms with Gasteiger partial charge in [0, 0.05) is 11.1 Å². The first-order valence-electron chi connectivity index (χ1n) is 6.29. The number of halogens is 4. The van der Waals surface area contributed by atoms with Gasteiger partial charge in [0.1, 0.15) is 5.52 Å². The lowest BCUT2D eigenvalue weighted by Crippen LogP contribution is -2.08. The summed E-state index contributed by atoms with van der Waals surface area (Å²) in [5.41, 5.74) is -0.206. The van der Waals surface area contributed by atoms with E-state index in [9.17, 15) is 17.6 Å². The van der Waals surface area contributed by atoms with Crippen LogP contribution in [0.15, 0.2) is 30.5 Å². The number of aromatic nitrogens is 3. The first kappa shape index (κ1) is 14.3. The zero-order valence-electron chi connectivity index (χ0n) is 11.3. The molecule has 2 aromatic heterocycles. The normalized spacial score (nSPS) is 11.9. The number of benzene rings is 1. The van der Waals surface area contributed by atoms with Crippen molar-refractivity contribution in [2.45, 2.75) is 13.1 Å². The number of hydrogen-bond acceptors (Lipinski definition) is 3. The largest absolute Gasteiger partial charge is 0.419 e. The van der Waals surface area contributed by atoms with E-state index in [1.165, 1.54) is 6.07 Å². The molecule has 2 heterocycles. The Morgan fingerprint density at radius 1 is 1.14 bits per heavy atom. The molecule has 0 bridgehead atoms. The van der Waals surface area contributed by atoms with Crippen molar-refractivity contribution in [3.05, 3.63) is 47.5 Å². The SMILES string of the molecule is Cc1ccc(Nc2n[nH]c3c(F)c(C(F)(F)F)ccc23)cn1. The van der Waals surface area contributed by atoms with Gasteiger partial charge in [-0.3, -0.25) is 10.1 Å². The Morgan fingerprint density at radius 2 is 1.91 bits per heavy atom. The van der Waals surface area contributed by atoms with E-state index in [-0.39, 0.29) is 16.7 Å². The Hall–Kier alpha value is -2.64. The van der Waals surface area contributed by atoms with Gasteiger partial charge in [-0.25, -0.2) is 4.39 Å². The lowest BCUT2D eigenvalue weighted by molar-refractivity contribution is -0.139. The van der Waals surface area contributed by atoms with Gasteiger partial charge in [-0.05, 0) is 31.2 Å². The van der Waals surface area contributed by atoms with Crippen molar-refractivity contribution < 1.29 is 17.6 Å². The topological polar surface area (TPSA) is 53.6 Å². The minimum atomic E-state index is -4.75. The summed E-state index contributed by atoms with van der Waals surface area (Å²) in [6, 6.07) is 5.38. The number of anilines is 2. The fraction of sp³-hybridized carbons (Fsp3) is 0.143. The molecule has 0 amide bonds. The predicted octanol–water partition coefficient (Wildman–Crippen LogP) is 4.17. The average molecular weight is 310 g/mol. The van der Waals surface area contributed by atoms with Gasteiger partial charge in [-0.15, -0.1) is 0 Å². The van der Waals surface area contributed by atoms with Crippen LogP contribution in [0.4, 0.5) is 29.1 Å². The number of H-pyrrole nitrogens is 1. The Morgan fingerprint density at radius 3 is 2.55 bits per heavy atom. The van der Waals surface area contributed by atoms with Gasteiger partial charge < -0.3 is 5.32 Å². The number of nitrogens with one attached hydrogen (secondary N) is 2. The van der Waals surface area contributed by atoms with Crippen LogP contribution in [0.5, 0.6) is 0 Å². The summed E-state index contributed by atoms with van der Waals surface area (Å²) in [6.07, 6.45) is -3.20. The Bertz CT molecular complexity index is 821. The molecule has 0 aliphatic heterocycles. The van der Waals surface area contributed by atoms with Crippen LogP contribution in [0.25, 0.3) is 10.9 Å². The molecule has 114 valence electrons. The van der Waals surface area contributed by atoms with Crippen LogP contribution in [0, 0.1) is 12.7 Å². The van der Waals surface area contributed by atoms with Crippen LogP contribution in [0.2, 0.25) is 0 Å². The van der Waals surface area contributed by atoms with E-state index in [4.69, 9.17) is 0 Å². The van der Waals surface area contributed by atoms with Gasteiger partial charge in [0.25, 0.3) is 0 Å². The number of aryl methyl sites for hydroxylation is 1. The van der Waals surface area contributed by atoms with Gasteiger partial charge >= 0.3 is 6.18 Å². The molecule has 0 aliphatic carbocycles. The summed E-state index contributed by atoms with van der Waals surface area (Å²) in [6.45, 7) is 1.82. The van der Waals surface area contributed by atoms with Crippen molar-refractivity contribution in [2.24, 2.45) is 0 Å². The van der Waals surface area contributed by atoms with Crippen molar-refractivity contribution in [3.63, 3.8) is 0 Å². The van der Waals surface area contributed by atoms with Crippen LogP contribution in [-0.2, 0) is 6.18 Å². The van der Waals surface area contributed by atoms with Gasteiger partial charge in [-0.1, -0.05) is 0 Å². The van der Waals surface area contributed by atoms with Crippen molar-refractivity contribution in [1.82, 2.24) is 15.2 Å². The lowest BCUT2D eigenvalue weighted by atomic mass is 10.1. The van der Waals surface area contributed by atoms with Crippen molar-refractivity contribution in [2.75, 3.05) is 5.32 Å². The van der Waals surface area contributed by atoms with Crippen LogP contribution in [-0.4, -0.2) is 15.2 Å². The molecule has 8 heteroatoms. The summed E-state index contributed by atoms with van der Waals surface area (Å²) in [7, 11) is 0. The first-order chi connectivity index (χ1) is 10.4. The Kier molecular flexibility index (Phi) is 3.23. The number of pyridine rings is 1. The smallest absolute Gasteiger partial charge is 0.337 e. The predicted molar refractivity (Wildman–Crippen MR) is 73.3 cm³/mol. The molecule has 0 aliphatic rings. The lowest BCUT2D eigenvalue weighted by Gasteiger charge is -2.08. The molecule has 0 spiro atoms. The number of nitrogens with zero attached hydrogens (tertiary/aromatic N) is 2. The maximum Gasteiger partial charge on any atom is 0.419 e. The first-order valence-corrected chi connectivity index (χ1v) is 6.29. The van der Waals surface area contributed by atoms with E-state index >= 15 is 0 Å². The fourth-order valence-corrected chi connectivity index (χ4v) is 2.05. The van der Waals surface area contributed by atoms with E-state index in [1.807, 2.05) is 6.92 Å². The molecule has 0 radical (unpaired) electrons. The van der Waals surface area contributed by atoms with Crippen LogP contribution < -0.4 is 5.32 Å². The van der Waals surface area contributed by atoms with Gasteiger partial charge in [-0.2, -0.15) is 18.3 Å². The van der Waals surface area contributed by atoms with Crippen molar-refractivity contribution >= 4 is 22.4 Å². The third-order valence-corrected chi connectivity index (χ3v) is 3.16. The van der Waals surface area contributed by atoms with E-state index in [1.54, 1.807) is 18.3 Å². The monoisotopic (exact) mass is 310 g/mol. The maximum atomic E-state index is 13.9. The van der Waals surface area contributed by atoms with E-state index in [0.717, 1.165) is 5.69 Å². The van der Waals surface area contributed by atoms with Gasteiger partial charge in [0.2, 0.25) is 0 Å². The van der Waals surface area contributed by atoms with Gasteiger partial charge in [0.05, 0.1) is 17.4 Å². The zero-order valence-corrected chi connectivity index (χ0v) is 11.3. The number of aromatic amines is 1. The molecule has 1 aromatic carbocycles. The number of hydrogen-bond donors (Lipinski definition) is 2. The molecule has 0 atom stereocenters. The highest BCUT2D eigenvalue weighted by molar-refractivity contribution is 5.92. The summed E-state index contributed by atoms with van der Waals surface area (Å²) in [5.74, 6) is -1.14. The highest BCUT2D eigenvalue weighted by atomic mass is 19.4. The summed E-state index contributed by atoms with van der Waals surface area (Å²) in [5, 5.41) is 9.23. The molecule has 2 N–H and O–H groups in total. The van der Waals surface area contributed by atoms with Gasteiger partial charge in [0.15, 0.2) is 11.6 Å². The zero-order chi connectivity index (χ0) is 15.9. The highest BCUT2D eigenvalue weighted by Crippen LogP contribution is 2.35. The fourth-order valence-electron chi connectivity index (χ4n) is 2.05. The molecule has 0 saturated heterocycles. The summed E-state index contributed by atoms with van der Waals surface area (Å²) < 4.78 is 51.9. The molecule has 0 saturated carbocycles. The second-order valence-electron chi connectivity index (χ2n) is 4.73. The average Bonchev–Trinajstić information content (AvgIpc) is 2.84. The maximum absolute atomic E-state index is 13.9. The second kappa shape index (κ2) is 4.97. The van der Waals surface area contributed by atoms with E-state index in [0.29, 0.717) is 11.8 Å². The Balaban J connectivity index is 2.02. The quantitative estimate of drug-likeness (QED) is 0.699. The van der Waals surface area contributed by atoms with Crippen LogP contribution >= 0.6 is 0 Å². The van der Waals surface area contributed by atoms with Crippen LogP contribution in [0.1, 0.15) is 11.3 Å². The minimum Gasteiger partial charge on any atom is -0.337 e.